The number of anilines is 2. The van der Waals surface area contributed by atoms with E-state index in [9.17, 15) is 14.4 Å². The van der Waals surface area contributed by atoms with Crippen molar-refractivity contribution in [2.45, 2.75) is 31.3 Å². The van der Waals surface area contributed by atoms with Gasteiger partial charge in [-0.1, -0.05) is 121 Å². The van der Waals surface area contributed by atoms with Crippen LogP contribution in [0.1, 0.15) is 58.1 Å². The van der Waals surface area contributed by atoms with E-state index < -0.39 is 17.8 Å². The third kappa shape index (κ3) is 5.94. The van der Waals surface area contributed by atoms with E-state index in [0.717, 1.165) is 58.3 Å². The van der Waals surface area contributed by atoms with E-state index in [4.69, 9.17) is 4.74 Å². The minimum atomic E-state index is -0.763. The van der Waals surface area contributed by atoms with Crippen LogP contribution in [0.15, 0.2) is 145 Å². The number of hydrogen-bond donors (Lipinski definition) is 1. The van der Waals surface area contributed by atoms with Gasteiger partial charge in [0.2, 0.25) is 0 Å². The number of carbonyl (C=O) groups is 3. The molecule has 3 aliphatic heterocycles. The first-order chi connectivity index (χ1) is 26.0. The Labute approximate surface area is 308 Å². The largest absolute Gasteiger partial charge is 0.488 e. The summed E-state index contributed by atoms with van der Waals surface area (Å²) in [5.41, 5.74) is 7.64. The average molecular weight is 696 g/mol. The second kappa shape index (κ2) is 13.6. The maximum atomic E-state index is 14.5. The Bertz CT molecular complexity index is 2350. The molecule has 0 aromatic heterocycles. The average Bonchev–Trinajstić information content (AvgIpc) is 3.20. The highest BCUT2D eigenvalue weighted by atomic mass is 16.5. The van der Waals surface area contributed by atoms with Gasteiger partial charge in [-0.3, -0.25) is 14.9 Å². The number of barbiturate groups is 1. The molecule has 3 aliphatic rings. The van der Waals surface area contributed by atoms with Crippen LogP contribution in [0.2, 0.25) is 0 Å². The SMILES string of the molecule is O=C1NC(=O)N(c2cc3c4c(c2)[C@@H](c2ccccc2)CCN4CC[C@@H]3c2ccccc2)C(=O)/C1=C/c1ccccc1OCc1cccc2ccccc12. The van der Waals surface area contributed by atoms with Crippen molar-refractivity contribution in [2.75, 3.05) is 22.9 Å². The quantitative estimate of drug-likeness (QED) is 0.133. The van der Waals surface area contributed by atoms with Crippen molar-refractivity contribution in [1.29, 1.82) is 0 Å². The fourth-order valence-corrected chi connectivity index (χ4v) is 8.32. The number of amides is 4. The molecule has 1 fully saturated rings. The van der Waals surface area contributed by atoms with E-state index in [0.29, 0.717) is 23.6 Å². The lowest BCUT2D eigenvalue weighted by molar-refractivity contribution is -0.122. The van der Waals surface area contributed by atoms with E-state index >= 15 is 0 Å². The van der Waals surface area contributed by atoms with Crippen LogP contribution in [-0.2, 0) is 16.2 Å². The van der Waals surface area contributed by atoms with Crippen LogP contribution < -0.4 is 19.9 Å². The van der Waals surface area contributed by atoms with Gasteiger partial charge in [0.05, 0.1) is 5.69 Å². The topological polar surface area (TPSA) is 79.0 Å². The fourth-order valence-electron chi connectivity index (χ4n) is 8.32. The number of carbonyl (C=O) groups excluding carboxylic acids is 3. The molecule has 1 saturated heterocycles. The second-order valence-electron chi connectivity index (χ2n) is 13.9. The van der Waals surface area contributed by atoms with Gasteiger partial charge >= 0.3 is 6.03 Å². The number of nitrogens with one attached hydrogen (secondary N) is 1. The highest BCUT2D eigenvalue weighted by Crippen LogP contribution is 2.50. The van der Waals surface area contributed by atoms with E-state index in [1.807, 2.05) is 66.7 Å². The zero-order valence-corrected chi connectivity index (χ0v) is 29.1. The van der Waals surface area contributed by atoms with Crippen molar-refractivity contribution < 1.29 is 19.1 Å². The summed E-state index contributed by atoms with van der Waals surface area (Å²) in [5, 5.41) is 4.67. The molecule has 0 saturated carbocycles. The first kappa shape index (κ1) is 32.4. The van der Waals surface area contributed by atoms with Gasteiger partial charge in [-0.05, 0) is 75.7 Å². The molecule has 0 bridgehead atoms. The van der Waals surface area contributed by atoms with Gasteiger partial charge in [-0.25, -0.2) is 9.69 Å². The third-order valence-electron chi connectivity index (χ3n) is 10.8. The summed E-state index contributed by atoms with van der Waals surface area (Å²) in [6.07, 6.45) is 3.35. The molecule has 53 heavy (non-hydrogen) atoms. The number of urea groups is 1. The van der Waals surface area contributed by atoms with Crippen molar-refractivity contribution in [3.63, 3.8) is 0 Å². The lowest BCUT2D eigenvalue weighted by Gasteiger charge is -2.44. The number of fused-ring (bicyclic) bond motifs is 1. The molecule has 0 radical (unpaired) electrons. The summed E-state index contributed by atoms with van der Waals surface area (Å²) in [6.45, 7) is 2.15. The van der Waals surface area contributed by atoms with Crippen LogP contribution in [0.25, 0.3) is 16.8 Å². The molecule has 9 rings (SSSR count). The van der Waals surface area contributed by atoms with Gasteiger partial charge in [0.15, 0.2) is 0 Å². The molecule has 1 N–H and O–H groups in total. The Morgan fingerprint density at radius 2 is 1.28 bits per heavy atom. The summed E-state index contributed by atoms with van der Waals surface area (Å²) >= 11 is 0. The molecule has 2 atom stereocenters. The molecule has 0 aliphatic carbocycles. The maximum Gasteiger partial charge on any atom is 0.335 e. The molecule has 6 aromatic rings. The molecular formula is C46H37N3O4. The summed E-state index contributed by atoms with van der Waals surface area (Å²) < 4.78 is 6.32. The number of nitrogens with zero attached hydrogens (tertiary/aromatic N) is 2. The number of hydrogen-bond acceptors (Lipinski definition) is 5. The molecule has 7 nitrogen and oxygen atoms in total. The number of para-hydroxylation sites is 1. The Morgan fingerprint density at radius 1 is 0.679 bits per heavy atom. The summed E-state index contributed by atoms with van der Waals surface area (Å²) in [6, 6.07) is 45.6. The van der Waals surface area contributed by atoms with Crippen LogP contribution in [0, 0.1) is 0 Å². The Kier molecular flexibility index (Phi) is 8.31. The van der Waals surface area contributed by atoms with Gasteiger partial charge in [0.1, 0.15) is 17.9 Å². The molecular weight excluding hydrogens is 659 g/mol. The minimum absolute atomic E-state index is 0.0843. The van der Waals surface area contributed by atoms with Gasteiger partial charge in [0, 0.05) is 36.2 Å². The molecule has 4 amide bonds. The van der Waals surface area contributed by atoms with Gasteiger partial charge in [-0.15, -0.1) is 0 Å². The summed E-state index contributed by atoms with van der Waals surface area (Å²) in [4.78, 5) is 45.2. The number of benzene rings is 6. The normalized spacial score (nSPS) is 18.9. The van der Waals surface area contributed by atoms with Crippen LogP contribution in [0.4, 0.5) is 16.2 Å². The van der Waals surface area contributed by atoms with Crippen LogP contribution in [0.3, 0.4) is 0 Å². The smallest absolute Gasteiger partial charge is 0.335 e. The van der Waals surface area contributed by atoms with Crippen molar-refractivity contribution in [3.8, 4) is 5.75 Å². The molecule has 6 aromatic carbocycles. The third-order valence-corrected chi connectivity index (χ3v) is 10.8. The number of imide groups is 2. The van der Waals surface area contributed by atoms with E-state index in [2.05, 4.69) is 76.9 Å². The maximum absolute atomic E-state index is 14.5. The standard InChI is InChI=1S/C46H37N3O4/c50-44-41(26-33-17-8-10-21-42(33)53-29-34-19-11-18-30-16-7-9-20-36(30)34)45(51)49(46(52)47-44)35-27-39-37(31-12-3-1-4-13-31)22-24-48-25-23-38(40(28-35)43(39)48)32-14-5-2-6-15-32/h1-21,26-28,37-38H,22-25,29H2,(H,47,50,52)/b41-26+/t37-,38-/m1/s1. The van der Waals surface area contributed by atoms with Crippen molar-refractivity contribution in [3.05, 3.63) is 178 Å². The first-order valence-electron chi connectivity index (χ1n) is 18.2. The molecule has 260 valence electrons. The second-order valence-corrected chi connectivity index (χ2v) is 13.9. The zero-order valence-electron chi connectivity index (χ0n) is 29.1. The van der Waals surface area contributed by atoms with Crippen LogP contribution in [0.5, 0.6) is 5.75 Å². The van der Waals surface area contributed by atoms with Crippen molar-refractivity contribution in [2.24, 2.45) is 0 Å². The van der Waals surface area contributed by atoms with Gasteiger partial charge in [0.25, 0.3) is 11.8 Å². The van der Waals surface area contributed by atoms with Crippen LogP contribution in [-0.4, -0.2) is 30.9 Å². The zero-order chi connectivity index (χ0) is 35.9. The molecule has 0 unspecified atom stereocenters. The van der Waals surface area contributed by atoms with Crippen molar-refractivity contribution >= 4 is 46.1 Å². The fraction of sp³-hybridized carbons (Fsp3) is 0.152. The summed E-state index contributed by atoms with van der Waals surface area (Å²) in [7, 11) is 0. The Morgan fingerprint density at radius 3 is 1.98 bits per heavy atom. The highest BCUT2D eigenvalue weighted by Gasteiger charge is 2.40. The molecule has 0 spiro atoms. The lowest BCUT2D eigenvalue weighted by atomic mass is 9.76. The monoisotopic (exact) mass is 695 g/mol. The highest BCUT2D eigenvalue weighted by molar-refractivity contribution is 6.39. The summed E-state index contributed by atoms with van der Waals surface area (Å²) in [5.74, 6) is -0.727. The molecule has 3 heterocycles. The minimum Gasteiger partial charge on any atom is -0.488 e. The van der Waals surface area contributed by atoms with Gasteiger partial charge in [-0.2, -0.15) is 0 Å². The Hall–Kier alpha value is -6.47. The first-order valence-corrected chi connectivity index (χ1v) is 18.2. The predicted molar refractivity (Wildman–Crippen MR) is 208 cm³/mol. The van der Waals surface area contributed by atoms with E-state index in [-0.39, 0.29) is 17.4 Å². The van der Waals surface area contributed by atoms with E-state index in [1.165, 1.54) is 22.9 Å². The Balaban J connectivity index is 1.11. The number of rotatable bonds is 7. The van der Waals surface area contributed by atoms with E-state index in [1.54, 1.807) is 6.07 Å². The van der Waals surface area contributed by atoms with Gasteiger partial charge < -0.3 is 9.64 Å². The van der Waals surface area contributed by atoms with Crippen molar-refractivity contribution in [1.82, 2.24) is 5.32 Å². The predicted octanol–water partition coefficient (Wildman–Crippen LogP) is 8.96. The lowest BCUT2D eigenvalue weighted by Crippen LogP contribution is -2.54. The number of ether oxygens (including phenoxy) is 1. The van der Waals surface area contributed by atoms with Crippen LogP contribution >= 0.6 is 0 Å². The molecule has 7 heteroatoms.